The van der Waals surface area contributed by atoms with Crippen molar-refractivity contribution in [2.75, 3.05) is 13.1 Å². The van der Waals surface area contributed by atoms with Crippen molar-refractivity contribution in [1.82, 2.24) is 5.32 Å². The summed E-state index contributed by atoms with van der Waals surface area (Å²) in [5, 5.41) is 11.6. The zero-order valence-corrected chi connectivity index (χ0v) is 4.60. The molecule has 3 heteroatoms. The van der Waals surface area contributed by atoms with Gasteiger partial charge in [0, 0.05) is 6.54 Å². The highest BCUT2D eigenvalue weighted by atomic mass is 19.1. The summed E-state index contributed by atoms with van der Waals surface area (Å²) < 4.78 is 12.3. The lowest BCUT2D eigenvalue weighted by atomic mass is 10.1. The molecule has 1 heterocycles. The van der Waals surface area contributed by atoms with Crippen LogP contribution in [0.25, 0.3) is 0 Å². The van der Waals surface area contributed by atoms with Crippen LogP contribution in [0.4, 0.5) is 4.39 Å². The molecule has 2 atom stereocenters. The van der Waals surface area contributed by atoms with E-state index in [0.29, 0.717) is 19.5 Å². The van der Waals surface area contributed by atoms with E-state index in [0.717, 1.165) is 0 Å². The van der Waals surface area contributed by atoms with Crippen LogP contribution in [0.2, 0.25) is 0 Å². The van der Waals surface area contributed by atoms with Gasteiger partial charge in [-0.25, -0.2) is 4.39 Å². The summed E-state index contributed by atoms with van der Waals surface area (Å²) in [5.74, 6) is 0. The molecule has 0 spiro atoms. The quantitative estimate of drug-likeness (QED) is 0.458. The van der Waals surface area contributed by atoms with Gasteiger partial charge in [-0.3, -0.25) is 0 Å². The van der Waals surface area contributed by atoms with Gasteiger partial charge in [0.15, 0.2) is 0 Å². The molecule has 0 radical (unpaired) electrons. The first kappa shape index (κ1) is 5.98. The van der Waals surface area contributed by atoms with Crippen LogP contribution in [-0.4, -0.2) is 30.5 Å². The fraction of sp³-hybridized carbons (Fsp3) is 1.00. The summed E-state index contributed by atoms with van der Waals surface area (Å²) in [4.78, 5) is 0. The van der Waals surface area contributed by atoms with E-state index >= 15 is 0 Å². The Morgan fingerprint density at radius 2 is 2.38 bits per heavy atom. The Labute approximate surface area is 47.7 Å². The number of alkyl halides is 1. The van der Waals surface area contributed by atoms with Gasteiger partial charge in [0.2, 0.25) is 0 Å². The third-order valence-corrected chi connectivity index (χ3v) is 1.37. The Bertz CT molecular complexity index is 68.8. The molecule has 1 rings (SSSR count). The number of hydrogen-bond donors (Lipinski definition) is 2. The van der Waals surface area contributed by atoms with Crippen molar-refractivity contribution < 1.29 is 9.50 Å². The molecule has 2 nitrogen and oxygen atoms in total. The van der Waals surface area contributed by atoms with Crippen LogP contribution >= 0.6 is 0 Å². The molecular weight excluding hydrogens is 109 g/mol. The van der Waals surface area contributed by atoms with Crippen LogP contribution in [0, 0.1) is 0 Å². The topological polar surface area (TPSA) is 32.3 Å². The van der Waals surface area contributed by atoms with Crippen LogP contribution in [0.5, 0.6) is 0 Å². The zero-order valence-electron chi connectivity index (χ0n) is 4.60. The second-order valence-corrected chi connectivity index (χ2v) is 2.08. The smallest absolute Gasteiger partial charge is 0.128 e. The lowest BCUT2D eigenvalue weighted by Crippen LogP contribution is -2.41. The Hall–Kier alpha value is -0.150. The van der Waals surface area contributed by atoms with Crippen LogP contribution in [0.3, 0.4) is 0 Å². The highest BCUT2D eigenvalue weighted by Gasteiger charge is 2.20. The molecule has 1 aliphatic rings. The number of rotatable bonds is 0. The molecule has 8 heavy (non-hydrogen) atoms. The second kappa shape index (κ2) is 2.42. The summed E-state index contributed by atoms with van der Waals surface area (Å²) >= 11 is 0. The third kappa shape index (κ3) is 1.17. The Morgan fingerprint density at radius 1 is 1.62 bits per heavy atom. The molecule has 0 bridgehead atoms. The molecular formula is C5H10FNO. The van der Waals surface area contributed by atoms with E-state index in [1.807, 2.05) is 0 Å². The second-order valence-electron chi connectivity index (χ2n) is 2.08. The van der Waals surface area contributed by atoms with Gasteiger partial charge < -0.3 is 10.4 Å². The van der Waals surface area contributed by atoms with Crippen LogP contribution in [-0.2, 0) is 0 Å². The molecule has 0 amide bonds. The summed E-state index contributed by atoms with van der Waals surface area (Å²) in [7, 11) is 0. The molecule has 1 fully saturated rings. The van der Waals surface area contributed by atoms with Gasteiger partial charge in [-0.05, 0) is 13.0 Å². The van der Waals surface area contributed by atoms with Crippen molar-refractivity contribution in [2.45, 2.75) is 18.7 Å². The van der Waals surface area contributed by atoms with E-state index in [2.05, 4.69) is 5.32 Å². The summed E-state index contributed by atoms with van der Waals surface area (Å²) in [6.07, 6.45) is -1.33. The first-order chi connectivity index (χ1) is 3.80. The van der Waals surface area contributed by atoms with Crippen LogP contribution in [0.15, 0.2) is 0 Å². The standard InChI is InChI=1S/C5H10FNO/c6-4-1-2-7-3-5(4)8/h4-5,7-8H,1-3H2/t4-,5-/m0/s1. The van der Waals surface area contributed by atoms with E-state index in [1.165, 1.54) is 0 Å². The van der Waals surface area contributed by atoms with Gasteiger partial charge >= 0.3 is 0 Å². The minimum absolute atomic E-state index is 0.404. The van der Waals surface area contributed by atoms with Crippen molar-refractivity contribution in [1.29, 1.82) is 0 Å². The molecule has 48 valence electrons. The molecule has 0 aliphatic carbocycles. The molecule has 0 aromatic heterocycles. The minimum Gasteiger partial charge on any atom is -0.389 e. The summed E-state index contributed by atoms with van der Waals surface area (Å²) in [6.45, 7) is 1.10. The van der Waals surface area contributed by atoms with Gasteiger partial charge in [0.25, 0.3) is 0 Å². The first-order valence-electron chi connectivity index (χ1n) is 2.83. The molecule has 1 aliphatic heterocycles. The summed E-state index contributed by atoms with van der Waals surface area (Å²) in [6, 6.07) is 0. The lowest BCUT2D eigenvalue weighted by Gasteiger charge is -2.21. The number of nitrogens with one attached hydrogen (secondary N) is 1. The predicted molar refractivity (Wildman–Crippen MR) is 28.4 cm³/mol. The van der Waals surface area contributed by atoms with Crippen molar-refractivity contribution in [2.24, 2.45) is 0 Å². The molecule has 0 aromatic rings. The normalized spacial score (nSPS) is 39.8. The number of aliphatic hydroxyl groups excluding tert-OH is 1. The molecule has 0 saturated carbocycles. The average Bonchev–Trinajstić information content (AvgIpc) is 1.77. The summed E-state index contributed by atoms with van der Waals surface area (Å²) in [5.41, 5.74) is 0. The Morgan fingerprint density at radius 3 is 2.75 bits per heavy atom. The van der Waals surface area contributed by atoms with E-state index in [4.69, 9.17) is 5.11 Å². The molecule has 1 saturated heterocycles. The maximum atomic E-state index is 12.3. The molecule has 0 unspecified atom stereocenters. The van der Waals surface area contributed by atoms with Crippen LogP contribution < -0.4 is 5.32 Å². The fourth-order valence-corrected chi connectivity index (χ4v) is 0.810. The number of piperidine rings is 1. The predicted octanol–water partition coefficient (Wildman–Crippen LogP) is -0.321. The van der Waals surface area contributed by atoms with E-state index < -0.39 is 12.3 Å². The minimum atomic E-state index is -1.00. The third-order valence-electron chi connectivity index (χ3n) is 1.37. The Kier molecular flexibility index (Phi) is 1.81. The van der Waals surface area contributed by atoms with E-state index in [1.54, 1.807) is 0 Å². The first-order valence-corrected chi connectivity index (χ1v) is 2.83. The fourth-order valence-electron chi connectivity index (χ4n) is 0.810. The van der Waals surface area contributed by atoms with Gasteiger partial charge in [0.1, 0.15) is 6.17 Å². The van der Waals surface area contributed by atoms with E-state index in [9.17, 15) is 4.39 Å². The van der Waals surface area contributed by atoms with Crippen LogP contribution in [0.1, 0.15) is 6.42 Å². The maximum absolute atomic E-state index is 12.3. The molecule has 0 aromatic carbocycles. The highest BCUT2D eigenvalue weighted by molar-refractivity contribution is 4.75. The lowest BCUT2D eigenvalue weighted by molar-refractivity contribution is 0.0549. The number of aliphatic hydroxyl groups is 1. The van der Waals surface area contributed by atoms with Crippen molar-refractivity contribution in [3.8, 4) is 0 Å². The zero-order chi connectivity index (χ0) is 5.98. The largest absolute Gasteiger partial charge is 0.389 e. The van der Waals surface area contributed by atoms with E-state index in [-0.39, 0.29) is 0 Å². The number of halogens is 1. The average molecular weight is 119 g/mol. The Balaban J connectivity index is 2.28. The van der Waals surface area contributed by atoms with Crippen molar-refractivity contribution in [3.05, 3.63) is 0 Å². The van der Waals surface area contributed by atoms with Gasteiger partial charge in [0.05, 0.1) is 6.10 Å². The monoisotopic (exact) mass is 119 g/mol. The number of β-amino-alcohol motifs (C(OH)–C–C–N with tert-alkyl or cyclic N) is 1. The highest BCUT2D eigenvalue weighted by Crippen LogP contribution is 2.06. The van der Waals surface area contributed by atoms with Gasteiger partial charge in [-0.15, -0.1) is 0 Å². The SMILES string of the molecule is O[C@H]1CNCC[C@@H]1F. The number of hydrogen-bond acceptors (Lipinski definition) is 2. The maximum Gasteiger partial charge on any atom is 0.128 e. The van der Waals surface area contributed by atoms with Crippen molar-refractivity contribution in [3.63, 3.8) is 0 Å². The van der Waals surface area contributed by atoms with Gasteiger partial charge in [-0.1, -0.05) is 0 Å². The van der Waals surface area contributed by atoms with Crippen molar-refractivity contribution >= 4 is 0 Å². The van der Waals surface area contributed by atoms with Gasteiger partial charge in [-0.2, -0.15) is 0 Å². The molecule has 2 N–H and O–H groups in total.